The van der Waals surface area contributed by atoms with Crippen molar-refractivity contribution in [1.29, 1.82) is 0 Å². The Labute approximate surface area is 126 Å². The van der Waals surface area contributed by atoms with Crippen LogP contribution >= 0.6 is 0 Å². The van der Waals surface area contributed by atoms with Crippen LogP contribution in [0.3, 0.4) is 0 Å². The first kappa shape index (κ1) is 16.0. The van der Waals surface area contributed by atoms with Crippen LogP contribution < -0.4 is 5.32 Å². The summed E-state index contributed by atoms with van der Waals surface area (Å²) in [6.07, 6.45) is 3.32. The molecule has 1 aliphatic rings. The van der Waals surface area contributed by atoms with Gasteiger partial charge in [-0.15, -0.1) is 0 Å². The van der Waals surface area contributed by atoms with E-state index in [-0.39, 0.29) is 17.6 Å². The second-order valence-electron chi connectivity index (χ2n) is 6.13. The maximum Gasteiger partial charge on any atom is 0.222 e. The lowest BCUT2D eigenvalue weighted by Crippen LogP contribution is -2.44. The Balaban J connectivity index is 1.83. The summed E-state index contributed by atoms with van der Waals surface area (Å²) in [5.41, 5.74) is 0.958. The van der Waals surface area contributed by atoms with Crippen LogP contribution in [0.5, 0.6) is 0 Å². The summed E-state index contributed by atoms with van der Waals surface area (Å²) in [7, 11) is 1.91. The predicted octanol–water partition coefficient (Wildman–Crippen LogP) is 2.60. The van der Waals surface area contributed by atoms with E-state index in [1.807, 2.05) is 18.0 Å². The van der Waals surface area contributed by atoms with E-state index in [2.05, 4.69) is 12.2 Å². The number of hydrogen-bond donors (Lipinski definition) is 1. The summed E-state index contributed by atoms with van der Waals surface area (Å²) in [5, 5.41) is 3.31. The fraction of sp³-hybridized carbons (Fsp3) is 0.588. The molecule has 1 atom stereocenters. The highest BCUT2D eigenvalue weighted by Crippen LogP contribution is 2.17. The molecule has 0 aromatic heterocycles. The van der Waals surface area contributed by atoms with Crippen LogP contribution in [0.2, 0.25) is 0 Å². The van der Waals surface area contributed by atoms with E-state index in [1.165, 1.54) is 6.07 Å². The number of nitrogens with zero attached hydrogens (tertiary/aromatic N) is 1. The van der Waals surface area contributed by atoms with Crippen molar-refractivity contribution in [2.24, 2.45) is 5.92 Å². The van der Waals surface area contributed by atoms with Gasteiger partial charge in [0.2, 0.25) is 5.91 Å². The lowest BCUT2D eigenvalue weighted by atomic mass is 9.96. The highest BCUT2D eigenvalue weighted by Gasteiger charge is 2.23. The average Bonchev–Trinajstić information content (AvgIpc) is 2.47. The zero-order chi connectivity index (χ0) is 15.2. The Morgan fingerprint density at radius 1 is 1.43 bits per heavy atom. The van der Waals surface area contributed by atoms with Gasteiger partial charge in [0, 0.05) is 19.5 Å². The molecule has 1 heterocycles. The van der Waals surface area contributed by atoms with Gasteiger partial charge in [-0.05, 0) is 56.0 Å². The number of hydrogen-bond acceptors (Lipinski definition) is 2. The molecule has 4 heteroatoms. The standard InChI is InChI=1S/C17H25FN2O/c1-13(10-14-4-3-5-15(18)12-14)11-17(21)20(2)16-6-8-19-9-7-16/h3-5,12-13,16,19H,6-11H2,1-2H3. The van der Waals surface area contributed by atoms with Gasteiger partial charge in [-0.3, -0.25) is 4.79 Å². The zero-order valence-corrected chi connectivity index (χ0v) is 12.9. The molecular weight excluding hydrogens is 267 g/mol. The van der Waals surface area contributed by atoms with Crippen LogP contribution in [-0.2, 0) is 11.2 Å². The van der Waals surface area contributed by atoms with E-state index < -0.39 is 0 Å². The first-order valence-electron chi connectivity index (χ1n) is 7.77. The van der Waals surface area contributed by atoms with Crippen molar-refractivity contribution < 1.29 is 9.18 Å². The van der Waals surface area contributed by atoms with Crippen LogP contribution in [0, 0.1) is 11.7 Å². The summed E-state index contributed by atoms with van der Waals surface area (Å²) in [6.45, 7) is 4.03. The second kappa shape index (κ2) is 7.55. The second-order valence-corrected chi connectivity index (χ2v) is 6.13. The third-order valence-corrected chi connectivity index (χ3v) is 4.25. The highest BCUT2D eigenvalue weighted by molar-refractivity contribution is 5.76. The quantitative estimate of drug-likeness (QED) is 0.905. The molecule has 116 valence electrons. The van der Waals surface area contributed by atoms with Gasteiger partial charge in [0.05, 0.1) is 0 Å². The first-order chi connectivity index (χ1) is 10.1. The SMILES string of the molecule is CC(CC(=O)N(C)C1CCNCC1)Cc1cccc(F)c1. The van der Waals surface area contributed by atoms with Gasteiger partial charge in [0.1, 0.15) is 5.82 Å². The van der Waals surface area contributed by atoms with Gasteiger partial charge in [-0.25, -0.2) is 4.39 Å². The summed E-state index contributed by atoms with van der Waals surface area (Å²) >= 11 is 0. The molecule has 1 aromatic carbocycles. The lowest BCUT2D eigenvalue weighted by Gasteiger charge is -2.32. The summed E-state index contributed by atoms with van der Waals surface area (Å²) in [6, 6.07) is 7.00. The number of halogens is 1. The molecule has 21 heavy (non-hydrogen) atoms. The molecule has 0 bridgehead atoms. The minimum Gasteiger partial charge on any atom is -0.343 e. The van der Waals surface area contributed by atoms with Gasteiger partial charge in [0.15, 0.2) is 0 Å². The van der Waals surface area contributed by atoms with Crippen LogP contribution in [0.25, 0.3) is 0 Å². The van der Waals surface area contributed by atoms with Gasteiger partial charge in [0.25, 0.3) is 0 Å². The van der Waals surface area contributed by atoms with Crippen LogP contribution in [0.4, 0.5) is 4.39 Å². The minimum absolute atomic E-state index is 0.200. The van der Waals surface area contributed by atoms with E-state index in [9.17, 15) is 9.18 Å². The summed E-state index contributed by atoms with van der Waals surface area (Å²) < 4.78 is 13.2. The van der Waals surface area contributed by atoms with Gasteiger partial charge in [-0.2, -0.15) is 0 Å². The number of carbonyl (C=O) groups excluding carboxylic acids is 1. The lowest BCUT2D eigenvalue weighted by molar-refractivity contribution is -0.133. The number of rotatable bonds is 5. The summed E-state index contributed by atoms with van der Waals surface area (Å²) in [4.78, 5) is 14.2. The van der Waals surface area contributed by atoms with Gasteiger partial charge < -0.3 is 10.2 Å². The van der Waals surface area contributed by atoms with Gasteiger partial charge in [-0.1, -0.05) is 19.1 Å². The van der Waals surface area contributed by atoms with Gasteiger partial charge >= 0.3 is 0 Å². The van der Waals surface area contributed by atoms with E-state index in [1.54, 1.807) is 12.1 Å². The monoisotopic (exact) mass is 292 g/mol. The fourth-order valence-electron chi connectivity index (χ4n) is 2.98. The summed E-state index contributed by atoms with van der Waals surface area (Å²) in [5.74, 6) is 0.215. The molecule has 0 saturated carbocycles. The minimum atomic E-state index is -0.210. The molecule has 1 saturated heterocycles. The third kappa shape index (κ3) is 4.81. The maximum absolute atomic E-state index is 13.2. The first-order valence-corrected chi connectivity index (χ1v) is 7.77. The number of amides is 1. The maximum atomic E-state index is 13.2. The predicted molar refractivity (Wildman–Crippen MR) is 82.5 cm³/mol. The molecule has 0 spiro atoms. The largest absolute Gasteiger partial charge is 0.343 e. The Hall–Kier alpha value is -1.42. The molecule has 3 nitrogen and oxygen atoms in total. The van der Waals surface area contributed by atoms with Crippen LogP contribution in [0.1, 0.15) is 31.7 Å². The molecule has 0 aliphatic carbocycles. The molecule has 1 N–H and O–H groups in total. The topological polar surface area (TPSA) is 32.3 Å². The van der Waals surface area contributed by atoms with Crippen molar-refractivity contribution in [3.05, 3.63) is 35.6 Å². The number of nitrogens with one attached hydrogen (secondary N) is 1. The Bertz CT molecular complexity index is 472. The van der Waals surface area contributed by atoms with E-state index in [0.29, 0.717) is 12.5 Å². The van der Waals surface area contributed by atoms with Crippen molar-refractivity contribution in [1.82, 2.24) is 10.2 Å². The zero-order valence-electron chi connectivity index (χ0n) is 12.9. The van der Waals surface area contributed by atoms with E-state index in [4.69, 9.17) is 0 Å². The van der Waals surface area contributed by atoms with Crippen molar-refractivity contribution in [2.75, 3.05) is 20.1 Å². The highest BCUT2D eigenvalue weighted by atomic mass is 19.1. The van der Waals surface area contributed by atoms with Crippen molar-refractivity contribution >= 4 is 5.91 Å². The smallest absolute Gasteiger partial charge is 0.222 e. The Morgan fingerprint density at radius 2 is 2.14 bits per heavy atom. The van der Waals surface area contributed by atoms with Crippen molar-refractivity contribution in [2.45, 2.75) is 38.6 Å². The van der Waals surface area contributed by atoms with Crippen LogP contribution in [0.15, 0.2) is 24.3 Å². The molecule has 1 unspecified atom stereocenters. The van der Waals surface area contributed by atoms with Crippen molar-refractivity contribution in [3.8, 4) is 0 Å². The molecular formula is C17H25FN2O. The Kier molecular flexibility index (Phi) is 5.74. The number of carbonyl (C=O) groups is 1. The average molecular weight is 292 g/mol. The molecule has 1 aliphatic heterocycles. The molecule has 1 aromatic rings. The molecule has 1 fully saturated rings. The van der Waals surface area contributed by atoms with Crippen molar-refractivity contribution in [3.63, 3.8) is 0 Å². The normalized spacial score (nSPS) is 17.5. The fourth-order valence-corrected chi connectivity index (χ4v) is 2.98. The third-order valence-electron chi connectivity index (χ3n) is 4.25. The number of benzene rings is 1. The molecule has 0 radical (unpaired) electrons. The number of piperidine rings is 1. The van der Waals surface area contributed by atoms with E-state index >= 15 is 0 Å². The Morgan fingerprint density at radius 3 is 2.81 bits per heavy atom. The van der Waals surface area contributed by atoms with E-state index in [0.717, 1.165) is 37.9 Å². The molecule has 1 amide bonds. The molecule has 2 rings (SSSR count). The van der Waals surface area contributed by atoms with Crippen LogP contribution in [-0.4, -0.2) is 37.0 Å².